The molecule has 0 heterocycles. The summed E-state index contributed by atoms with van der Waals surface area (Å²) < 4.78 is 27.1. The number of nitrogens with one attached hydrogen (secondary N) is 3. The van der Waals surface area contributed by atoms with E-state index in [1.165, 1.54) is 0 Å². The van der Waals surface area contributed by atoms with Gasteiger partial charge in [0.05, 0.1) is 59.0 Å². The predicted octanol–water partition coefficient (Wildman–Crippen LogP) is 1.32. The van der Waals surface area contributed by atoms with E-state index in [1.54, 1.807) is 6.20 Å². The molecule has 0 aromatic carbocycles. The minimum absolute atomic E-state index is 0.0381. The summed E-state index contributed by atoms with van der Waals surface area (Å²) in [7, 11) is 0. The molecule has 11 heteroatoms. The van der Waals surface area contributed by atoms with Crippen LogP contribution in [0.25, 0.3) is 0 Å². The van der Waals surface area contributed by atoms with Gasteiger partial charge < -0.3 is 45.4 Å². The first-order valence-electron chi connectivity index (χ1n) is 13.4. The monoisotopic (exact) mass is 532 g/mol. The van der Waals surface area contributed by atoms with Crippen LogP contribution in [0.3, 0.4) is 0 Å². The summed E-state index contributed by atoms with van der Waals surface area (Å²) in [6, 6.07) is 0. The quantitative estimate of drug-likeness (QED) is 0.121. The number of allylic oxidation sites excluding steroid dienone is 1. The standard InChI is InChI=1S/C26H52N4O7/c1-22(2)21-36-12-8-26(32)30-10-5-9-29-25(31)7-6-24(27)20-28-11-13-33-14-15-34-16-17-35-18-19-37-23(3)4/h20,22-23,28H,5-19,21,27H2,1-4H3,(H,29,31)(H,30,32)/b24-20-. The van der Waals surface area contributed by atoms with Gasteiger partial charge in [-0.25, -0.2) is 0 Å². The molecule has 0 atom stereocenters. The van der Waals surface area contributed by atoms with Crippen LogP contribution in [0.4, 0.5) is 0 Å². The molecular weight excluding hydrogens is 480 g/mol. The van der Waals surface area contributed by atoms with E-state index in [4.69, 9.17) is 29.4 Å². The normalized spacial score (nSPS) is 11.8. The molecule has 0 aliphatic carbocycles. The van der Waals surface area contributed by atoms with Crippen LogP contribution in [-0.2, 0) is 33.3 Å². The number of rotatable bonds is 26. The van der Waals surface area contributed by atoms with E-state index >= 15 is 0 Å². The Labute approximate surface area is 223 Å². The van der Waals surface area contributed by atoms with Crippen LogP contribution in [0.1, 0.15) is 53.4 Å². The SMILES string of the molecule is CC(C)COCCC(=O)NCCCNC(=O)CC/C(N)=C/NCCOCCOCCOCCOC(C)C. The van der Waals surface area contributed by atoms with E-state index in [9.17, 15) is 9.59 Å². The molecule has 0 saturated heterocycles. The van der Waals surface area contributed by atoms with Crippen molar-refractivity contribution in [2.75, 3.05) is 79.1 Å². The number of hydrogen-bond donors (Lipinski definition) is 4. The molecule has 5 N–H and O–H groups in total. The van der Waals surface area contributed by atoms with Crippen LogP contribution in [-0.4, -0.2) is 97.0 Å². The van der Waals surface area contributed by atoms with Crippen molar-refractivity contribution in [3.63, 3.8) is 0 Å². The Balaban J connectivity index is 3.47. The molecule has 11 nitrogen and oxygen atoms in total. The Kier molecular flexibility index (Phi) is 24.4. The van der Waals surface area contributed by atoms with Gasteiger partial charge in [-0.1, -0.05) is 13.8 Å². The van der Waals surface area contributed by atoms with Crippen LogP contribution in [0.15, 0.2) is 11.9 Å². The van der Waals surface area contributed by atoms with Crippen LogP contribution >= 0.6 is 0 Å². The lowest BCUT2D eigenvalue weighted by Gasteiger charge is -2.09. The van der Waals surface area contributed by atoms with E-state index < -0.39 is 0 Å². The second-order valence-electron chi connectivity index (χ2n) is 9.20. The summed E-state index contributed by atoms with van der Waals surface area (Å²) >= 11 is 0. The van der Waals surface area contributed by atoms with Gasteiger partial charge in [0, 0.05) is 51.0 Å². The largest absolute Gasteiger partial charge is 0.401 e. The first-order valence-corrected chi connectivity index (χ1v) is 13.4. The van der Waals surface area contributed by atoms with Crippen molar-refractivity contribution in [3.05, 3.63) is 11.9 Å². The summed E-state index contributed by atoms with van der Waals surface area (Å²) in [5.41, 5.74) is 6.53. The molecular formula is C26H52N4O7. The Hall–Kier alpha value is -1.92. The molecule has 0 unspecified atom stereocenters. The number of carbonyl (C=O) groups excluding carboxylic acids is 2. The Morgan fingerprint density at radius 1 is 0.703 bits per heavy atom. The average molecular weight is 533 g/mol. The number of amides is 2. The maximum Gasteiger partial charge on any atom is 0.222 e. The third-order valence-corrected chi connectivity index (χ3v) is 4.66. The first kappa shape index (κ1) is 35.1. The zero-order valence-electron chi connectivity index (χ0n) is 23.5. The van der Waals surface area contributed by atoms with E-state index in [1.807, 2.05) is 13.8 Å². The number of carbonyl (C=O) groups is 2. The molecule has 0 aromatic rings. The topological polar surface area (TPSA) is 142 Å². The van der Waals surface area contributed by atoms with E-state index in [0.717, 1.165) is 0 Å². The van der Waals surface area contributed by atoms with E-state index in [0.29, 0.717) is 116 Å². The molecule has 0 spiro atoms. The van der Waals surface area contributed by atoms with Gasteiger partial charge in [-0.05, 0) is 32.6 Å². The van der Waals surface area contributed by atoms with Crippen molar-refractivity contribution in [1.82, 2.24) is 16.0 Å². The summed E-state index contributed by atoms with van der Waals surface area (Å²) in [5.74, 6) is 0.355. The summed E-state index contributed by atoms with van der Waals surface area (Å²) in [6.07, 6.45) is 3.72. The Bertz CT molecular complexity index is 589. The average Bonchev–Trinajstić information content (AvgIpc) is 2.85. The Morgan fingerprint density at radius 3 is 1.86 bits per heavy atom. The second-order valence-corrected chi connectivity index (χ2v) is 9.20. The highest BCUT2D eigenvalue weighted by Gasteiger charge is 2.04. The minimum Gasteiger partial charge on any atom is -0.401 e. The van der Waals surface area contributed by atoms with Gasteiger partial charge in [-0.3, -0.25) is 9.59 Å². The van der Waals surface area contributed by atoms with Gasteiger partial charge in [0.2, 0.25) is 11.8 Å². The highest BCUT2D eigenvalue weighted by Crippen LogP contribution is 1.97. The maximum atomic E-state index is 11.9. The van der Waals surface area contributed by atoms with Crippen molar-refractivity contribution in [2.45, 2.75) is 59.5 Å². The first-order chi connectivity index (χ1) is 17.8. The summed E-state index contributed by atoms with van der Waals surface area (Å²) in [5, 5.41) is 8.73. The highest BCUT2D eigenvalue weighted by atomic mass is 16.6. The molecule has 0 bridgehead atoms. The van der Waals surface area contributed by atoms with Gasteiger partial charge in [-0.15, -0.1) is 0 Å². The lowest BCUT2D eigenvalue weighted by atomic mass is 10.2. The van der Waals surface area contributed by atoms with Gasteiger partial charge in [0.1, 0.15) is 0 Å². The lowest BCUT2D eigenvalue weighted by Crippen LogP contribution is -2.30. The van der Waals surface area contributed by atoms with Gasteiger partial charge >= 0.3 is 0 Å². The fourth-order valence-corrected chi connectivity index (χ4v) is 2.75. The summed E-state index contributed by atoms with van der Waals surface area (Å²) in [6.45, 7) is 14.6. The predicted molar refractivity (Wildman–Crippen MR) is 144 cm³/mol. The molecule has 0 rings (SSSR count). The van der Waals surface area contributed by atoms with Gasteiger partial charge in [0.15, 0.2) is 0 Å². The second kappa shape index (κ2) is 25.7. The van der Waals surface area contributed by atoms with Gasteiger partial charge in [0.25, 0.3) is 0 Å². The lowest BCUT2D eigenvalue weighted by molar-refractivity contribution is -0.122. The third kappa shape index (κ3) is 28.5. The molecule has 0 saturated carbocycles. The smallest absolute Gasteiger partial charge is 0.222 e. The number of ether oxygens (including phenoxy) is 5. The van der Waals surface area contributed by atoms with Crippen molar-refractivity contribution in [2.24, 2.45) is 11.7 Å². The van der Waals surface area contributed by atoms with Gasteiger partial charge in [-0.2, -0.15) is 0 Å². The molecule has 0 aromatic heterocycles. The molecule has 2 amide bonds. The zero-order chi connectivity index (χ0) is 27.6. The van der Waals surface area contributed by atoms with Crippen molar-refractivity contribution in [1.29, 1.82) is 0 Å². The molecule has 218 valence electrons. The van der Waals surface area contributed by atoms with Crippen molar-refractivity contribution < 1.29 is 33.3 Å². The van der Waals surface area contributed by atoms with Crippen LogP contribution in [0.2, 0.25) is 0 Å². The van der Waals surface area contributed by atoms with Crippen molar-refractivity contribution >= 4 is 11.8 Å². The van der Waals surface area contributed by atoms with Crippen LogP contribution in [0, 0.1) is 5.92 Å². The minimum atomic E-state index is -0.0672. The molecule has 0 aliphatic rings. The molecule has 0 fully saturated rings. The van der Waals surface area contributed by atoms with Crippen LogP contribution < -0.4 is 21.7 Å². The molecule has 0 aliphatic heterocycles. The Morgan fingerprint density at radius 2 is 1.27 bits per heavy atom. The van der Waals surface area contributed by atoms with E-state index in [-0.39, 0.29) is 17.9 Å². The van der Waals surface area contributed by atoms with E-state index in [2.05, 4.69) is 29.8 Å². The molecule has 0 radical (unpaired) electrons. The fraction of sp³-hybridized carbons (Fsp3) is 0.846. The number of nitrogens with two attached hydrogens (primary N) is 1. The third-order valence-electron chi connectivity index (χ3n) is 4.66. The highest BCUT2D eigenvalue weighted by molar-refractivity contribution is 5.76. The fourth-order valence-electron chi connectivity index (χ4n) is 2.75. The maximum absolute atomic E-state index is 11.9. The van der Waals surface area contributed by atoms with Crippen LogP contribution in [0.5, 0.6) is 0 Å². The zero-order valence-corrected chi connectivity index (χ0v) is 23.5. The van der Waals surface area contributed by atoms with Crippen molar-refractivity contribution in [3.8, 4) is 0 Å². The summed E-state index contributed by atoms with van der Waals surface area (Å²) in [4.78, 5) is 23.6. The number of hydrogen-bond acceptors (Lipinski definition) is 9. The molecule has 37 heavy (non-hydrogen) atoms.